The van der Waals surface area contributed by atoms with Crippen LogP contribution in [0.5, 0.6) is 0 Å². The molecule has 1 heterocycles. The number of Topliss-reactive ketones (excluding diaryl/α,β-unsaturated/α-hetero) is 1. The number of hydrogen-bond donors (Lipinski definition) is 1. The largest absolute Gasteiger partial charge is 0.451 e. The van der Waals surface area contributed by atoms with E-state index in [1.807, 2.05) is 26.0 Å². The first-order valence-corrected chi connectivity index (χ1v) is 9.63. The Hall–Kier alpha value is -3.66. The number of anilines is 1. The number of nitriles is 1. The number of aromatic nitrogens is 1. The number of ketones is 1. The van der Waals surface area contributed by atoms with Gasteiger partial charge in [0, 0.05) is 23.5 Å². The lowest BCUT2D eigenvalue weighted by atomic mass is 10.1. The van der Waals surface area contributed by atoms with E-state index in [1.165, 1.54) is 13.0 Å². The zero-order valence-electron chi connectivity index (χ0n) is 17.6. The van der Waals surface area contributed by atoms with Gasteiger partial charge in [-0.15, -0.1) is 0 Å². The minimum atomic E-state index is -0.882. The Bertz CT molecular complexity index is 1040. The standard InChI is InChI=1S/C23H25N3O4/c1-5-10-26-15(2)11-18(16(26)3)12-19(13-24)23(29)30-14-22(28)25-21-9-7-6-8-20(21)17(4)27/h6-9,11-12H,5,10,14H2,1-4H3,(H,25,28)/b19-12+. The van der Waals surface area contributed by atoms with Crippen LogP contribution in [0.25, 0.3) is 6.08 Å². The molecule has 0 saturated heterocycles. The molecule has 2 rings (SSSR count). The molecule has 1 amide bonds. The number of para-hydroxylation sites is 1. The van der Waals surface area contributed by atoms with Gasteiger partial charge in [-0.2, -0.15) is 5.26 Å². The Balaban J connectivity index is 2.07. The van der Waals surface area contributed by atoms with Crippen molar-refractivity contribution < 1.29 is 19.1 Å². The summed E-state index contributed by atoms with van der Waals surface area (Å²) in [7, 11) is 0. The second-order valence-electron chi connectivity index (χ2n) is 6.87. The third-order valence-corrected chi connectivity index (χ3v) is 4.62. The van der Waals surface area contributed by atoms with Gasteiger partial charge in [-0.1, -0.05) is 19.1 Å². The van der Waals surface area contributed by atoms with Crippen LogP contribution in [0.3, 0.4) is 0 Å². The average molecular weight is 407 g/mol. The highest BCUT2D eigenvalue weighted by Crippen LogP contribution is 2.19. The van der Waals surface area contributed by atoms with E-state index < -0.39 is 18.5 Å². The number of hydrogen-bond acceptors (Lipinski definition) is 5. The summed E-state index contributed by atoms with van der Waals surface area (Å²) in [4.78, 5) is 36.0. The minimum absolute atomic E-state index is 0.191. The molecular formula is C23H25N3O4. The first-order valence-electron chi connectivity index (χ1n) is 9.63. The van der Waals surface area contributed by atoms with Crippen molar-refractivity contribution in [1.29, 1.82) is 5.26 Å². The summed E-state index contributed by atoms with van der Waals surface area (Å²) in [5, 5.41) is 11.9. The van der Waals surface area contributed by atoms with Gasteiger partial charge < -0.3 is 14.6 Å². The third-order valence-electron chi connectivity index (χ3n) is 4.62. The number of carbonyl (C=O) groups is 3. The van der Waals surface area contributed by atoms with E-state index in [0.29, 0.717) is 11.3 Å². The maximum absolute atomic E-state index is 12.3. The van der Waals surface area contributed by atoms with Crippen LogP contribution < -0.4 is 5.32 Å². The lowest BCUT2D eigenvalue weighted by Crippen LogP contribution is -2.22. The van der Waals surface area contributed by atoms with Gasteiger partial charge in [0.15, 0.2) is 12.4 Å². The van der Waals surface area contributed by atoms with Crippen LogP contribution in [0.1, 0.15) is 47.6 Å². The molecule has 0 fully saturated rings. The number of amides is 1. The monoisotopic (exact) mass is 407 g/mol. The van der Waals surface area contributed by atoms with E-state index in [-0.39, 0.29) is 11.4 Å². The number of ether oxygens (including phenoxy) is 1. The Morgan fingerprint density at radius 1 is 1.23 bits per heavy atom. The fourth-order valence-corrected chi connectivity index (χ4v) is 3.13. The molecule has 7 heteroatoms. The zero-order valence-corrected chi connectivity index (χ0v) is 17.6. The van der Waals surface area contributed by atoms with E-state index in [1.54, 1.807) is 24.3 Å². The van der Waals surface area contributed by atoms with Crippen LogP contribution in [0, 0.1) is 25.2 Å². The first kappa shape index (κ1) is 22.6. The number of carbonyl (C=O) groups excluding carboxylic acids is 3. The topological polar surface area (TPSA) is 101 Å². The van der Waals surface area contributed by atoms with Crippen LogP contribution in [0.2, 0.25) is 0 Å². The van der Waals surface area contributed by atoms with E-state index in [4.69, 9.17) is 4.74 Å². The van der Waals surface area contributed by atoms with Crippen molar-refractivity contribution in [1.82, 2.24) is 4.57 Å². The molecule has 0 unspecified atom stereocenters. The lowest BCUT2D eigenvalue weighted by Gasteiger charge is -2.09. The number of nitrogens with one attached hydrogen (secondary N) is 1. The molecule has 0 spiro atoms. The molecule has 7 nitrogen and oxygen atoms in total. The highest BCUT2D eigenvalue weighted by atomic mass is 16.5. The van der Waals surface area contributed by atoms with Crippen LogP contribution in [0.15, 0.2) is 35.9 Å². The normalized spacial score (nSPS) is 11.0. The maximum Gasteiger partial charge on any atom is 0.349 e. The minimum Gasteiger partial charge on any atom is -0.451 e. The van der Waals surface area contributed by atoms with Crippen molar-refractivity contribution in [2.24, 2.45) is 0 Å². The van der Waals surface area contributed by atoms with Crippen molar-refractivity contribution in [3.63, 3.8) is 0 Å². The molecule has 0 bridgehead atoms. The molecule has 1 aromatic heterocycles. The number of nitrogens with zero attached hydrogens (tertiary/aromatic N) is 2. The number of aryl methyl sites for hydroxylation is 1. The molecule has 2 aromatic rings. The van der Waals surface area contributed by atoms with E-state index in [9.17, 15) is 19.6 Å². The van der Waals surface area contributed by atoms with E-state index in [2.05, 4.69) is 16.8 Å². The van der Waals surface area contributed by atoms with Crippen molar-refractivity contribution in [2.75, 3.05) is 11.9 Å². The number of benzene rings is 1. The van der Waals surface area contributed by atoms with Gasteiger partial charge in [-0.3, -0.25) is 9.59 Å². The summed E-state index contributed by atoms with van der Waals surface area (Å²) in [5.41, 5.74) is 3.25. The first-order chi connectivity index (χ1) is 14.3. The second kappa shape index (κ2) is 10.2. The molecular weight excluding hydrogens is 382 g/mol. The van der Waals surface area contributed by atoms with Gasteiger partial charge in [0.2, 0.25) is 0 Å². The summed E-state index contributed by atoms with van der Waals surface area (Å²) < 4.78 is 7.11. The van der Waals surface area contributed by atoms with Crippen molar-refractivity contribution in [2.45, 2.75) is 40.7 Å². The van der Waals surface area contributed by atoms with Crippen molar-refractivity contribution in [3.8, 4) is 6.07 Å². The summed E-state index contributed by atoms with van der Waals surface area (Å²) in [6.45, 7) is 7.64. The molecule has 0 aliphatic carbocycles. The quantitative estimate of drug-likeness (QED) is 0.310. The predicted octanol–water partition coefficient (Wildman–Crippen LogP) is 3.81. The van der Waals surface area contributed by atoms with Crippen LogP contribution >= 0.6 is 0 Å². The molecule has 30 heavy (non-hydrogen) atoms. The van der Waals surface area contributed by atoms with Gasteiger partial charge in [-0.05, 0) is 57.0 Å². The highest BCUT2D eigenvalue weighted by Gasteiger charge is 2.16. The third kappa shape index (κ3) is 5.45. The van der Waals surface area contributed by atoms with Gasteiger partial charge >= 0.3 is 5.97 Å². The van der Waals surface area contributed by atoms with Crippen LogP contribution in [-0.2, 0) is 20.9 Å². The molecule has 1 N–H and O–H groups in total. The SMILES string of the molecule is CCCn1c(C)cc(/C=C(\C#N)C(=O)OCC(=O)Nc2ccccc2C(C)=O)c1C. The van der Waals surface area contributed by atoms with Crippen molar-refractivity contribution >= 4 is 29.4 Å². The average Bonchev–Trinajstić information content (AvgIpc) is 2.98. The summed E-state index contributed by atoms with van der Waals surface area (Å²) in [5.74, 6) is -1.68. The molecule has 0 aliphatic heterocycles. The maximum atomic E-state index is 12.3. The zero-order chi connectivity index (χ0) is 22.3. The molecule has 1 aromatic carbocycles. The van der Waals surface area contributed by atoms with Gasteiger partial charge in [0.05, 0.1) is 5.69 Å². The Kier molecular flexibility index (Phi) is 7.70. The Labute approximate surface area is 176 Å². The van der Waals surface area contributed by atoms with Crippen LogP contribution in [-0.4, -0.2) is 28.8 Å². The summed E-state index contributed by atoms with van der Waals surface area (Å²) in [6.07, 6.45) is 2.44. The van der Waals surface area contributed by atoms with Crippen LogP contribution in [0.4, 0.5) is 5.69 Å². The van der Waals surface area contributed by atoms with Gasteiger partial charge in [0.25, 0.3) is 5.91 Å². The Morgan fingerprint density at radius 3 is 2.57 bits per heavy atom. The molecule has 0 saturated carbocycles. The van der Waals surface area contributed by atoms with E-state index >= 15 is 0 Å². The lowest BCUT2D eigenvalue weighted by molar-refractivity contribution is -0.142. The van der Waals surface area contributed by atoms with Gasteiger partial charge in [0.1, 0.15) is 11.6 Å². The van der Waals surface area contributed by atoms with Crippen molar-refractivity contribution in [3.05, 3.63) is 58.4 Å². The van der Waals surface area contributed by atoms with Gasteiger partial charge in [-0.25, -0.2) is 4.79 Å². The summed E-state index contributed by atoms with van der Waals surface area (Å²) >= 11 is 0. The fraction of sp³-hybridized carbons (Fsp3) is 0.304. The molecule has 0 radical (unpaired) electrons. The summed E-state index contributed by atoms with van der Waals surface area (Å²) in [6, 6.07) is 10.3. The second-order valence-corrected chi connectivity index (χ2v) is 6.87. The molecule has 156 valence electrons. The molecule has 0 aliphatic rings. The number of rotatable bonds is 8. The highest BCUT2D eigenvalue weighted by molar-refractivity contribution is 6.04. The molecule has 0 atom stereocenters. The Morgan fingerprint density at radius 2 is 1.93 bits per heavy atom. The fourth-order valence-electron chi connectivity index (χ4n) is 3.13. The predicted molar refractivity (Wildman–Crippen MR) is 114 cm³/mol. The number of esters is 1. The van der Waals surface area contributed by atoms with E-state index in [0.717, 1.165) is 29.9 Å². The smallest absolute Gasteiger partial charge is 0.349 e.